The lowest BCUT2D eigenvalue weighted by atomic mass is 10.0. The van der Waals surface area contributed by atoms with Crippen LogP contribution in [0.2, 0.25) is 0 Å². The topological polar surface area (TPSA) is 96.9 Å². The zero-order chi connectivity index (χ0) is 25.2. The van der Waals surface area contributed by atoms with Crippen LogP contribution < -0.4 is 10.2 Å². The molecule has 3 heterocycles. The molecule has 35 heavy (non-hydrogen) atoms. The molecule has 0 aliphatic carbocycles. The molecule has 0 radical (unpaired) electrons. The summed E-state index contributed by atoms with van der Waals surface area (Å²) in [6.45, 7) is 1.43. The fourth-order valence-corrected chi connectivity index (χ4v) is 4.88. The molecule has 192 valence electrons. The van der Waals surface area contributed by atoms with E-state index in [1.807, 2.05) is 0 Å². The van der Waals surface area contributed by atoms with E-state index in [0.717, 1.165) is 18.4 Å². The van der Waals surface area contributed by atoms with Gasteiger partial charge < -0.3 is 19.7 Å². The first-order chi connectivity index (χ1) is 16.5. The molecule has 2 saturated heterocycles. The second-order valence-electron chi connectivity index (χ2n) is 8.26. The Morgan fingerprint density at radius 2 is 1.89 bits per heavy atom. The molecule has 2 atom stereocenters. The van der Waals surface area contributed by atoms with Crippen LogP contribution in [0, 0.1) is 5.82 Å². The minimum atomic E-state index is -4.46. The van der Waals surface area contributed by atoms with Crippen molar-refractivity contribution in [2.45, 2.75) is 18.3 Å². The number of morpholine rings is 2. The number of hydrogen-bond donors (Lipinski definition) is 1. The van der Waals surface area contributed by atoms with E-state index in [4.69, 9.17) is 9.47 Å². The first-order valence-corrected chi connectivity index (χ1v) is 12.7. The van der Waals surface area contributed by atoms with Crippen LogP contribution in [0.1, 0.15) is 17.2 Å². The van der Waals surface area contributed by atoms with E-state index >= 15 is 4.39 Å². The van der Waals surface area contributed by atoms with Crippen LogP contribution in [0.4, 0.5) is 29.2 Å². The van der Waals surface area contributed by atoms with Gasteiger partial charge in [-0.3, -0.25) is 0 Å². The van der Waals surface area contributed by atoms with Crippen molar-refractivity contribution in [3.63, 3.8) is 0 Å². The molecule has 4 rings (SSSR count). The van der Waals surface area contributed by atoms with Gasteiger partial charge in [0.05, 0.1) is 43.8 Å². The van der Waals surface area contributed by atoms with E-state index in [-0.39, 0.29) is 51.0 Å². The Bertz CT molecular complexity index is 1130. The Kier molecular flexibility index (Phi) is 7.45. The highest BCUT2D eigenvalue weighted by Crippen LogP contribution is 2.34. The molecular weight excluding hydrogens is 494 g/mol. The Balaban J connectivity index is 1.50. The fraction of sp³-hybridized carbons (Fsp3) is 0.524. The smallest absolute Gasteiger partial charge is 0.377 e. The van der Waals surface area contributed by atoms with Crippen molar-refractivity contribution in [1.29, 1.82) is 0 Å². The molecule has 0 spiro atoms. The molecule has 14 heteroatoms. The van der Waals surface area contributed by atoms with Crippen LogP contribution >= 0.6 is 0 Å². The molecule has 2 aliphatic rings. The summed E-state index contributed by atoms with van der Waals surface area (Å²) in [6.07, 6.45) is -2.65. The normalized spacial score (nSPS) is 22.3. The van der Waals surface area contributed by atoms with Crippen LogP contribution in [0.5, 0.6) is 0 Å². The Hall–Kier alpha value is -2.55. The predicted molar refractivity (Wildman–Crippen MR) is 119 cm³/mol. The lowest BCUT2D eigenvalue weighted by Crippen LogP contribution is -2.47. The van der Waals surface area contributed by atoms with Crippen LogP contribution in [-0.4, -0.2) is 81.1 Å². The van der Waals surface area contributed by atoms with E-state index in [1.54, 1.807) is 4.90 Å². The zero-order valence-corrected chi connectivity index (χ0v) is 19.6. The third-order valence-electron chi connectivity index (χ3n) is 5.86. The first kappa shape index (κ1) is 25.5. The maximum Gasteiger partial charge on any atom is 0.416 e. The number of anilines is 2. The number of nitrogens with one attached hydrogen (secondary N) is 1. The van der Waals surface area contributed by atoms with Crippen molar-refractivity contribution in [2.24, 2.45) is 0 Å². The number of sulfonamides is 1. The number of halogens is 4. The van der Waals surface area contributed by atoms with Gasteiger partial charge in [0.25, 0.3) is 0 Å². The van der Waals surface area contributed by atoms with Gasteiger partial charge in [-0.2, -0.15) is 21.9 Å². The van der Waals surface area contributed by atoms with Gasteiger partial charge in [0.2, 0.25) is 15.8 Å². The summed E-state index contributed by atoms with van der Waals surface area (Å²) in [5, 5.41) is 2.86. The summed E-state index contributed by atoms with van der Waals surface area (Å²) in [5.74, 6) is -0.840. The molecule has 0 amide bonds. The number of alkyl halides is 3. The van der Waals surface area contributed by atoms with Gasteiger partial charge in [0.15, 0.2) is 11.6 Å². The first-order valence-electron chi connectivity index (χ1n) is 10.9. The van der Waals surface area contributed by atoms with Crippen molar-refractivity contribution < 1.29 is 35.5 Å². The average Bonchev–Trinajstić information content (AvgIpc) is 2.83. The number of aromatic nitrogens is 2. The van der Waals surface area contributed by atoms with Crippen molar-refractivity contribution in [3.8, 4) is 0 Å². The van der Waals surface area contributed by atoms with Crippen molar-refractivity contribution in [2.75, 3.05) is 62.5 Å². The minimum Gasteiger partial charge on any atom is -0.377 e. The SMILES string of the molecule is CS(=O)(=O)N1CCOC(CNc2ncnc(N3CCOC[C@@H]3c3ccc(C(F)(F)F)cc3)c2F)C1. The molecule has 1 unspecified atom stereocenters. The second-order valence-corrected chi connectivity index (χ2v) is 10.2. The summed E-state index contributed by atoms with van der Waals surface area (Å²) in [6, 6.07) is 4.11. The van der Waals surface area contributed by atoms with E-state index in [2.05, 4.69) is 15.3 Å². The van der Waals surface area contributed by atoms with Gasteiger partial charge in [-0.05, 0) is 17.7 Å². The molecule has 1 N–H and O–H groups in total. The predicted octanol–water partition coefficient (Wildman–Crippen LogP) is 2.28. The largest absolute Gasteiger partial charge is 0.416 e. The Morgan fingerprint density at radius 1 is 1.14 bits per heavy atom. The van der Waals surface area contributed by atoms with E-state index in [9.17, 15) is 21.6 Å². The summed E-state index contributed by atoms with van der Waals surface area (Å²) >= 11 is 0. The number of benzene rings is 1. The third-order valence-corrected chi connectivity index (χ3v) is 7.13. The van der Waals surface area contributed by atoms with Gasteiger partial charge >= 0.3 is 6.18 Å². The Morgan fingerprint density at radius 3 is 2.57 bits per heavy atom. The Labute approximate surface area is 200 Å². The summed E-state index contributed by atoms with van der Waals surface area (Å²) < 4.78 is 90.2. The molecule has 0 bridgehead atoms. The van der Waals surface area contributed by atoms with Crippen molar-refractivity contribution in [1.82, 2.24) is 14.3 Å². The minimum absolute atomic E-state index is 0.0157. The van der Waals surface area contributed by atoms with E-state index in [0.29, 0.717) is 12.2 Å². The highest BCUT2D eigenvalue weighted by molar-refractivity contribution is 7.88. The monoisotopic (exact) mass is 519 g/mol. The molecule has 9 nitrogen and oxygen atoms in total. The maximum absolute atomic E-state index is 15.4. The molecule has 2 aromatic rings. The lowest BCUT2D eigenvalue weighted by Gasteiger charge is -2.37. The fourth-order valence-electron chi connectivity index (χ4n) is 4.04. The van der Waals surface area contributed by atoms with Gasteiger partial charge in [-0.25, -0.2) is 18.4 Å². The summed E-state index contributed by atoms with van der Waals surface area (Å²) in [4.78, 5) is 9.67. The van der Waals surface area contributed by atoms with Crippen LogP contribution in [-0.2, 0) is 25.7 Å². The van der Waals surface area contributed by atoms with Crippen LogP contribution in [0.15, 0.2) is 30.6 Å². The number of ether oxygens (including phenoxy) is 2. The number of rotatable bonds is 6. The zero-order valence-electron chi connectivity index (χ0n) is 18.8. The molecule has 1 aromatic carbocycles. The van der Waals surface area contributed by atoms with Crippen molar-refractivity contribution in [3.05, 3.63) is 47.5 Å². The third kappa shape index (κ3) is 6.00. The van der Waals surface area contributed by atoms with Gasteiger partial charge in [0.1, 0.15) is 6.33 Å². The maximum atomic E-state index is 15.4. The van der Waals surface area contributed by atoms with Crippen molar-refractivity contribution >= 4 is 21.7 Å². The van der Waals surface area contributed by atoms with E-state index < -0.39 is 39.7 Å². The molecular formula is C21H25F4N5O4S. The standard InChI is InChI=1S/C21H25F4N5O4S/c1-35(31,32)29-6-9-34-16(11-29)10-26-19-18(22)20(28-13-27-19)30-7-8-33-12-17(30)14-2-4-15(5-3-14)21(23,24)25/h2-5,13,16-17H,6-12H2,1H3,(H,26,27,28)/t16?,17-/m1/s1. The quantitative estimate of drug-likeness (QED) is 0.581. The number of hydrogen-bond acceptors (Lipinski definition) is 8. The molecule has 2 fully saturated rings. The summed E-state index contributed by atoms with van der Waals surface area (Å²) in [5.41, 5.74) is -0.245. The second kappa shape index (κ2) is 10.2. The number of nitrogens with zero attached hydrogens (tertiary/aromatic N) is 4. The van der Waals surface area contributed by atoms with Gasteiger partial charge in [-0.15, -0.1) is 0 Å². The lowest BCUT2D eigenvalue weighted by molar-refractivity contribution is -0.137. The molecule has 0 saturated carbocycles. The highest BCUT2D eigenvalue weighted by atomic mass is 32.2. The van der Waals surface area contributed by atoms with E-state index in [1.165, 1.54) is 22.8 Å². The highest BCUT2D eigenvalue weighted by Gasteiger charge is 2.33. The van der Waals surface area contributed by atoms with Gasteiger partial charge in [0, 0.05) is 26.2 Å². The summed E-state index contributed by atoms with van der Waals surface area (Å²) in [7, 11) is -3.37. The molecule has 1 aromatic heterocycles. The molecule has 2 aliphatic heterocycles. The average molecular weight is 520 g/mol. The van der Waals surface area contributed by atoms with Gasteiger partial charge in [-0.1, -0.05) is 12.1 Å². The van der Waals surface area contributed by atoms with Crippen LogP contribution in [0.3, 0.4) is 0 Å². The van der Waals surface area contributed by atoms with Crippen LogP contribution in [0.25, 0.3) is 0 Å².